The number of nitrogens with two attached hydrogens (primary N) is 1. The molecule has 0 saturated heterocycles. The van der Waals surface area contributed by atoms with E-state index >= 15 is 0 Å². The Bertz CT molecular complexity index is 997. The molecule has 128 valence electrons. The fourth-order valence-corrected chi connectivity index (χ4v) is 2.25. The molecule has 0 amide bonds. The molecule has 0 unspecified atom stereocenters. The van der Waals surface area contributed by atoms with Crippen LogP contribution in [0.1, 0.15) is 16.7 Å². The normalized spacial score (nSPS) is 10.8. The second-order valence-corrected chi connectivity index (χ2v) is 4.75. The minimum Gasteiger partial charge on any atom is -0.496 e. The van der Waals surface area contributed by atoms with E-state index in [4.69, 9.17) is 15.7 Å². The molecule has 0 aliphatic carbocycles. The average Bonchev–Trinajstić information content (AvgIpc) is 2.52. The Hall–Kier alpha value is -3.53. The Labute approximate surface area is 137 Å². The molecule has 1 aromatic carbocycles. The summed E-state index contributed by atoms with van der Waals surface area (Å²) in [6.07, 6.45) is -5.04. The lowest BCUT2D eigenvalue weighted by Gasteiger charge is -2.16. The van der Waals surface area contributed by atoms with Crippen molar-refractivity contribution in [3.63, 3.8) is 0 Å². The molecule has 0 saturated carbocycles. The van der Waals surface area contributed by atoms with Gasteiger partial charge in [0.2, 0.25) is 0 Å². The minimum atomic E-state index is -5.04. The zero-order valence-electron chi connectivity index (χ0n) is 12.5. The number of alkyl halides is 3. The predicted molar refractivity (Wildman–Crippen MR) is 77.9 cm³/mol. The molecule has 2 rings (SSSR count). The Morgan fingerprint density at radius 1 is 1.20 bits per heavy atom. The monoisotopic (exact) mass is 352 g/mol. The third kappa shape index (κ3) is 2.97. The van der Waals surface area contributed by atoms with Crippen LogP contribution in [0, 0.1) is 28.5 Å². The third-order valence-electron chi connectivity index (χ3n) is 3.33. The number of H-pyrrole nitrogens is 1. The number of pyridine rings is 1. The molecule has 1 heterocycles. The number of aromatic amines is 1. The first kappa shape index (κ1) is 17.8. The van der Waals surface area contributed by atoms with Crippen molar-refractivity contribution < 1.29 is 22.3 Å². The Morgan fingerprint density at radius 3 is 2.28 bits per heavy atom. The number of halogens is 4. The molecule has 0 radical (unpaired) electrons. The maximum Gasteiger partial charge on any atom is 0.419 e. The number of hydrogen-bond donors (Lipinski definition) is 2. The number of benzene rings is 1. The van der Waals surface area contributed by atoms with E-state index in [2.05, 4.69) is 4.98 Å². The van der Waals surface area contributed by atoms with Crippen LogP contribution in [0.4, 0.5) is 23.4 Å². The highest BCUT2D eigenvalue weighted by Gasteiger charge is 2.36. The predicted octanol–water partition coefficient (Wildman–Crippen LogP) is 2.53. The number of methoxy groups -OCH3 is 1. The van der Waals surface area contributed by atoms with Crippen molar-refractivity contribution in [2.24, 2.45) is 0 Å². The van der Waals surface area contributed by atoms with Gasteiger partial charge in [0.05, 0.1) is 12.7 Å². The van der Waals surface area contributed by atoms with Crippen molar-refractivity contribution in [1.29, 1.82) is 10.5 Å². The lowest BCUT2D eigenvalue weighted by molar-refractivity contribution is -0.139. The fraction of sp³-hybridized carbons (Fsp3) is 0.133. The molecule has 25 heavy (non-hydrogen) atoms. The second-order valence-electron chi connectivity index (χ2n) is 4.75. The summed E-state index contributed by atoms with van der Waals surface area (Å²) in [5, 5.41) is 18.4. The summed E-state index contributed by atoms with van der Waals surface area (Å²) >= 11 is 0. The number of nitrogens with zero attached hydrogens (tertiary/aromatic N) is 2. The fourth-order valence-electron chi connectivity index (χ4n) is 2.25. The number of nitrogen functional groups attached to an aromatic ring is 1. The summed E-state index contributed by atoms with van der Waals surface area (Å²) in [5.41, 5.74) is 0.859. The van der Waals surface area contributed by atoms with Gasteiger partial charge in [0.25, 0.3) is 5.56 Å². The van der Waals surface area contributed by atoms with Gasteiger partial charge in [0.15, 0.2) is 0 Å². The molecule has 2 aromatic rings. The molecule has 10 heteroatoms. The molecule has 1 aromatic heterocycles. The van der Waals surface area contributed by atoms with Gasteiger partial charge in [-0.1, -0.05) is 0 Å². The summed E-state index contributed by atoms with van der Waals surface area (Å²) in [6, 6.07) is 3.94. The van der Waals surface area contributed by atoms with Crippen molar-refractivity contribution in [2.75, 3.05) is 12.8 Å². The molecule has 0 aliphatic rings. The summed E-state index contributed by atoms with van der Waals surface area (Å²) in [4.78, 5) is 13.9. The van der Waals surface area contributed by atoms with Gasteiger partial charge in [-0.15, -0.1) is 0 Å². The standard InChI is InChI=1S/C15H8F4N4O2/c1-25-11-3-10(16)9(15(17,18)19)2-6(11)12-7(4-20)13(22)23-14(24)8(12)5-21/h2-3H,1H3,(H3,22,23,24). The highest BCUT2D eigenvalue weighted by Crippen LogP contribution is 2.41. The van der Waals surface area contributed by atoms with Crippen LogP contribution in [0.2, 0.25) is 0 Å². The van der Waals surface area contributed by atoms with Gasteiger partial charge in [-0.2, -0.15) is 23.7 Å². The Morgan fingerprint density at radius 2 is 1.80 bits per heavy atom. The van der Waals surface area contributed by atoms with Gasteiger partial charge in [-0.3, -0.25) is 4.79 Å². The number of hydrogen-bond acceptors (Lipinski definition) is 5. The van der Waals surface area contributed by atoms with Crippen LogP contribution in [0.25, 0.3) is 11.1 Å². The van der Waals surface area contributed by atoms with Gasteiger partial charge < -0.3 is 15.5 Å². The number of rotatable bonds is 2. The van der Waals surface area contributed by atoms with Crippen LogP contribution in [-0.2, 0) is 6.18 Å². The zero-order chi connectivity index (χ0) is 18.9. The van der Waals surface area contributed by atoms with Crippen LogP contribution in [0.5, 0.6) is 5.75 Å². The van der Waals surface area contributed by atoms with E-state index in [-0.39, 0.29) is 0 Å². The van der Waals surface area contributed by atoms with E-state index in [1.165, 1.54) is 6.07 Å². The van der Waals surface area contributed by atoms with Crippen LogP contribution >= 0.6 is 0 Å². The van der Waals surface area contributed by atoms with E-state index in [1.54, 1.807) is 6.07 Å². The van der Waals surface area contributed by atoms with E-state index in [0.29, 0.717) is 12.1 Å². The summed E-state index contributed by atoms with van der Waals surface area (Å²) in [7, 11) is 1.06. The lowest BCUT2D eigenvalue weighted by Crippen LogP contribution is -2.17. The van der Waals surface area contributed by atoms with Crippen LogP contribution < -0.4 is 16.0 Å². The third-order valence-corrected chi connectivity index (χ3v) is 3.33. The molecule has 0 aliphatic heterocycles. The number of nitriles is 2. The molecule has 0 bridgehead atoms. The molecule has 0 fully saturated rings. The summed E-state index contributed by atoms with van der Waals surface area (Å²) in [6.45, 7) is 0. The van der Waals surface area contributed by atoms with E-state index in [0.717, 1.165) is 7.11 Å². The van der Waals surface area contributed by atoms with Crippen molar-refractivity contribution in [3.8, 4) is 29.0 Å². The van der Waals surface area contributed by atoms with Crippen molar-refractivity contribution in [1.82, 2.24) is 4.98 Å². The maximum atomic E-state index is 13.7. The molecule has 3 N–H and O–H groups in total. The number of nitrogens with one attached hydrogen (secondary N) is 1. The van der Waals surface area contributed by atoms with E-state index < -0.39 is 56.9 Å². The topological polar surface area (TPSA) is 116 Å². The highest BCUT2D eigenvalue weighted by molar-refractivity contribution is 5.84. The summed E-state index contributed by atoms with van der Waals surface area (Å²) in [5.74, 6) is -2.45. The minimum absolute atomic E-state index is 0.365. The first-order valence-corrected chi connectivity index (χ1v) is 6.46. The average molecular weight is 352 g/mol. The van der Waals surface area contributed by atoms with E-state index in [1.807, 2.05) is 0 Å². The molecular weight excluding hydrogens is 344 g/mol. The SMILES string of the molecule is COc1cc(F)c(C(F)(F)F)cc1-c1c(C#N)c(N)[nH]c(=O)c1C#N. The van der Waals surface area contributed by atoms with E-state index in [9.17, 15) is 27.6 Å². The summed E-state index contributed by atoms with van der Waals surface area (Å²) < 4.78 is 57.6. The maximum absolute atomic E-state index is 13.7. The molecular formula is C15H8F4N4O2. The van der Waals surface area contributed by atoms with Gasteiger partial charge in [0.1, 0.15) is 40.6 Å². The Balaban J connectivity index is 3.04. The van der Waals surface area contributed by atoms with Gasteiger partial charge >= 0.3 is 6.18 Å². The van der Waals surface area contributed by atoms with Crippen molar-refractivity contribution in [3.05, 3.63) is 45.0 Å². The van der Waals surface area contributed by atoms with Crippen molar-refractivity contribution in [2.45, 2.75) is 6.18 Å². The Kier molecular flexibility index (Phi) is 4.40. The highest BCUT2D eigenvalue weighted by atomic mass is 19.4. The second kappa shape index (κ2) is 6.17. The number of ether oxygens (including phenoxy) is 1. The van der Waals surface area contributed by atoms with Crippen LogP contribution in [0.15, 0.2) is 16.9 Å². The number of anilines is 1. The van der Waals surface area contributed by atoms with Crippen molar-refractivity contribution >= 4 is 5.82 Å². The van der Waals surface area contributed by atoms with Gasteiger partial charge in [-0.25, -0.2) is 4.39 Å². The molecule has 0 spiro atoms. The number of aromatic nitrogens is 1. The molecule has 0 atom stereocenters. The van der Waals surface area contributed by atoms with Gasteiger partial charge in [0, 0.05) is 17.2 Å². The van der Waals surface area contributed by atoms with Crippen LogP contribution in [0.3, 0.4) is 0 Å². The van der Waals surface area contributed by atoms with Crippen LogP contribution in [-0.4, -0.2) is 12.1 Å². The first-order valence-electron chi connectivity index (χ1n) is 6.46. The zero-order valence-corrected chi connectivity index (χ0v) is 12.5. The smallest absolute Gasteiger partial charge is 0.419 e. The quantitative estimate of drug-likeness (QED) is 0.806. The largest absolute Gasteiger partial charge is 0.496 e. The lowest BCUT2D eigenvalue weighted by atomic mass is 9.94. The first-order chi connectivity index (χ1) is 11.6. The van der Waals surface area contributed by atoms with Gasteiger partial charge in [-0.05, 0) is 6.07 Å². The molecule has 6 nitrogen and oxygen atoms in total.